The summed E-state index contributed by atoms with van der Waals surface area (Å²) < 4.78 is 0. The van der Waals surface area contributed by atoms with E-state index in [2.05, 4.69) is 0 Å². The zero-order valence-corrected chi connectivity index (χ0v) is 7.80. The molecule has 0 aliphatic heterocycles. The standard InChI is InChI=1S/C10H15NO3/c11-5-4-9(13)10(14)7-2-1-3-8(12)6-7/h1-3,6,9-10,12-14H,4-5,11H2. The van der Waals surface area contributed by atoms with Crippen molar-refractivity contribution >= 4 is 0 Å². The molecule has 4 nitrogen and oxygen atoms in total. The molecule has 0 spiro atoms. The van der Waals surface area contributed by atoms with E-state index < -0.39 is 12.2 Å². The molecule has 0 amide bonds. The molecule has 5 N–H and O–H groups in total. The van der Waals surface area contributed by atoms with Gasteiger partial charge in [-0.25, -0.2) is 0 Å². The molecule has 4 heteroatoms. The largest absolute Gasteiger partial charge is 0.508 e. The summed E-state index contributed by atoms with van der Waals surface area (Å²) >= 11 is 0. The Labute approximate surface area is 82.6 Å². The smallest absolute Gasteiger partial charge is 0.115 e. The predicted molar refractivity (Wildman–Crippen MR) is 52.7 cm³/mol. The number of nitrogens with two attached hydrogens (primary N) is 1. The fraction of sp³-hybridized carbons (Fsp3) is 0.400. The van der Waals surface area contributed by atoms with Crippen LogP contribution in [0.5, 0.6) is 5.75 Å². The average molecular weight is 197 g/mol. The van der Waals surface area contributed by atoms with Gasteiger partial charge < -0.3 is 21.1 Å². The SMILES string of the molecule is NCCC(O)C(O)c1cccc(O)c1. The van der Waals surface area contributed by atoms with E-state index in [-0.39, 0.29) is 5.75 Å². The molecule has 1 aromatic rings. The molecule has 0 saturated heterocycles. The Hall–Kier alpha value is -1.10. The van der Waals surface area contributed by atoms with Crippen LogP contribution in [0, 0.1) is 0 Å². The Balaban J connectivity index is 2.73. The molecule has 1 aromatic carbocycles. The van der Waals surface area contributed by atoms with E-state index in [1.165, 1.54) is 12.1 Å². The second-order valence-electron chi connectivity index (χ2n) is 3.18. The third kappa shape index (κ3) is 2.70. The summed E-state index contributed by atoms with van der Waals surface area (Å²) in [5, 5.41) is 28.2. The van der Waals surface area contributed by atoms with Crippen LogP contribution in [0.4, 0.5) is 0 Å². The zero-order chi connectivity index (χ0) is 10.6. The summed E-state index contributed by atoms with van der Waals surface area (Å²) in [7, 11) is 0. The monoisotopic (exact) mass is 197 g/mol. The fourth-order valence-electron chi connectivity index (χ4n) is 1.26. The molecule has 0 aromatic heterocycles. The Morgan fingerprint density at radius 3 is 2.57 bits per heavy atom. The second kappa shape index (κ2) is 4.95. The molecule has 2 unspecified atom stereocenters. The van der Waals surface area contributed by atoms with Crippen LogP contribution >= 0.6 is 0 Å². The highest BCUT2D eigenvalue weighted by Gasteiger charge is 2.17. The van der Waals surface area contributed by atoms with Gasteiger partial charge in [-0.15, -0.1) is 0 Å². The van der Waals surface area contributed by atoms with E-state index in [4.69, 9.17) is 10.8 Å². The molecular weight excluding hydrogens is 182 g/mol. The van der Waals surface area contributed by atoms with Gasteiger partial charge in [0.1, 0.15) is 11.9 Å². The van der Waals surface area contributed by atoms with Crippen molar-refractivity contribution < 1.29 is 15.3 Å². The lowest BCUT2D eigenvalue weighted by Crippen LogP contribution is -2.21. The van der Waals surface area contributed by atoms with Crippen molar-refractivity contribution in [1.82, 2.24) is 0 Å². The van der Waals surface area contributed by atoms with Crippen molar-refractivity contribution in [3.63, 3.8) is 0 Å². The van der Waals surface area contributed by atoms with Gasteiger partial charge in [-0.1, -0.05) is 12.1 Å². The summed E-state index contributed by atoms with van der Waals surface area (Å²) in [5.74, 6) is 0.0708. The van der Waals surface area contributed by atoms with E-state index in [1.54, 1.807) is 12.1 Å². The van der Waals surface area contributed by atoms with Crippen LogP contribution in [-0.4, -0.2) is 28.0 Å². The van der Waals surface area contributed by atoms with Gasteiger partial charge in [0.25, 0.3) is 0 Å². The van der Waals surface area contributed by atoms with Gasteiger partial charge in [-0.2, -0.15) is 0 Å². The highest BCUT2D eigenvalue weighted by molar-refractivity contribution is 5.29. The summed E-state index contributed by atoms with van der Waals surface area (Å²) in [6.07, 6.45) is -1.55. The van der Waals surface area contributed by atoms with Crippen LogP contribution in [0.2, 0.25) is 0 Å². The predicted octanol–water partition coefficient (Wildman–Crippen LogP) is 0.135. The van der Waals surface area contributed by atoms with E-state index in [0.717, 1.165) is 0 Å². The molecule has 0 saturated carbocycles. The molecular formula is C10H15NO3. The normalized spacial score (nSPS) is 15.1. The van der Waals surface area contributed by atoms with Gasteiger partial charge in [-0.05, 0) is 30.7 Å². The lowest BCUT2D eigenvalue weighted by molar-refractivity contribution is 0.0149. The summed E-state index contributed by atoms with van der Waals surface area (Å²) in [5.41, 5.74) is 5.75. The second-order valence-corrected chi connectivity index (χ2v) is 3.18. The number of aliphatic hydroxyl groups is 2. The third-order valence-corrected chi connectivity index (χ3v) is 2.04. The number of phenolic OH excluding ortho intramolecular Hbond substituents is 1. The number of hydrogen-bond acceptors (Lipinski definition) is 4. The van der Waals surface area contributed by atoms with Crippen molar-refractivity contribution in [2.24, 2.45) is 5.73 Å². The minimum absolute atomic E-state index is 0.0708. The molecule has 0 radical (unpaired) electrons. The highest BCUT2D eigenvalue weighted by atomic mass is 16.3. The Morgan fingerprint density at radius 1 is 1.29 bits per heavy atom. The van der Waals surface area contributed by atoms with Crippen molar-refractivity contribution in [2.75, 3.05) is 6.54 Å². The van der Waals surface area contributed by atoms with Gasteiger partial charge in [0.05, 0.1) is 6.10 Å². The maximum Gasteiger partial charge on any atom is 0.115 e. The molecule has 0 fully saturated rings. The average Bonchev–Trinajstić information content (AvgIpc) is 2.17. The molecule has 14 heavy (non-hydrogen) atoms. The topological polar surface area (TPSA) is 86.7 Å². The quantitative estimate of drug-likeness (QED) is 0.553. The van der Waals surface area contributed by atoms with Gasteiger partial charge in [0, 0.05) is 0 Å². The molecule has 0 bridgehead atoms. The van der Waals surface area contributed by atoms with Gasteiger partial charge in [-0.3, -0.25) is 0 Å². The minimum Gasteiger partial charge on any atom is -0.508 e. The van der Waals surface area contributed by atoms with E-state index in [1.807, 2.05) is 0 Å². The van der Waals surface area contributed by atoms with Crippen LogP contribution in [-0.2, 0) is 0 Å². The Morgan fingerprint density at radius 2 is 2.00 bits per heavy atom. The van der Waals surface area contributed by atoms with E-state index in [0.29, 0.717) is 18.5 Å². The van der Waals surface area contributed by atoms with Crippen LogP contribution in [0.3, 0.4) is 0 Å². The van der Waals surface area contributed by atoms with E-state index in [9.17, 15) is 10.2 Å². The maximum atomic E-state index is 9.63. The fourth-order valence-corrected chi connectivity index (χ4v) is 1.26. The summed E-state index contributed by atoms with van der Waals surface area (Å²) in [4.78, 5) is 0. The number of aromatic hydroxyl groups is 1. The third-order valence-electron chi connectivity index (χ3n) is 2.04. The Bertz CT molecular complexity index is 290. The Kier molecular flexibility index (Phi) is 3.88. The van der Waals surface area contributed by atoms with Crippen LogP contribution in [0.15, 0.2) is 24.3 Å². The first-order valence-corrected chi connectivity index (χ1v) is 4.50. The molecule has 0 aliphatic rings. The molecule has 1 rings (SSSR count). The van der Waals surface area contributed by atoms with Gasteiger partial charge in [0.15, 0.2) is 0 Å². The highest BCUT2D eigenvalue weighted by Crippen LogP contribution is 2.21. The number of aliphatic hydroxyl groups excluding tert-OH is 2. The van der Waals surface area contributed by atoms with Crippen LogP contribution in [0.1, 0.15) is 18.1 Å². The first kappa shape index (κ1) is 11.0. The first-order chi connectivity index (χ1) is 6.65. The number of hydrogen-bond donors (Lipinski definition) is 4. The molecule has 78 valence electrons. The van der Waals surface area contributed by atoms with Gasteiger partial charge in [0.2, 0.25) is 0 Å². The maximum absolute atomic E-state index is 9.63. The lowest BCUT2D eigenvalue weighted by Gasteiger charge is -2.17. The van der Waals surface area contributed by atoms with E-state index >= 15 is 0 Å². The molecule has 2 atom stereocenters. The minimum atomic E-state index is -0.995. The zero-order valence-electron chi connectivity index (χ0n) is 7.80. The van der Waals surface area contributed by atoms with Crippen LogP contribution < -0.4 is 5.73 Å². The lowest BCUT2D eigenvalue weighted by atomic mass is 10.0. The summed E-state index contributed by atoms with van der Waals surface area (Å²) in [6.45, 7) is 0.317. The first-order valence-electron chi connectivity index (χ1n) is 4.50. The van der Waals surface area contributed by atoms with Crippen molar-refractivity contribution in [3.8, 4) is 5.75 Å². The van der Waals surface area contributed by atoms with Crippen molar-refractivity contribution in [3.05, 3.63) is 29.8 Å². The molecule has 0 heterocycles. The molecule has 0 aliphatic carbocycles. The number of rotatable bonds is 4. The van der Waals surface area contributed by atoms with Crippen LogP contribution in [0.25, 0.3) is 0 Å². The van der Waals surface area contributed by atoms with Gasteiger partial charge >= 0.3 is 0 Å². The van der Waals surface area contributed by atoms with Crippen molar-refractivity contribution in [2.45, 2.75) is 18.6 Å². The summed E-state index contributed by atoms with van der Waals surface area (Å²) in [6, 6.07) is 6.18. The number of phenols is 1. The number of benzene rings is 1. The van der Waals surface area contributed by atoms with Crippen molar-refractivity contribution in [1.29, 1.82) is 0 Å².